The van der Waals surface area contributed by atoms with Gasteiger partial charge < -0.3 is 10.1 Å². The Labute approximate surface area is 125 Å². The second-order valence-corrected chi connectivity index (χ2v) is 6.88. The summed E-state index contributed by atoms with van der Waals surface area (Å²) in [4.78, 5) is 0. The van der Waals surface area contributed by atoms with Crippen molar-refractivity contribution in [1.29, 1.82) is 0 Å². The molecule has 2 nitrogen and oxygen atoms in total. The summed E-state index contributed by atoms with van der Waals surface area (Å²) < 4.78 is 29.6. The lowest BCUT2D eigenvalue weighted by molar-refractivity contribution is -0.0494. The number of ether oxygens (including phenoxy) is 1. The molecule has 1 aliphatic rings. The highest BCUT2D eigenvalue weighted by molar-refractivity contribution is 5.57. The average molecular weight is 297 g/mol. The largest absolute Gasteiger partial charge is 0.433 e. The SMILES string of the molecule is CC(C)(C)C1CCCCC1Nc1ccccc1OC(F)F. The fourth-order valence-corrected chi connectivity index (χ4v) is 3.32. The molecule has 0 saturated heterocycles. The molecule has 21 heavy (non-hydrogen) atoms. The molecule has 1 aliphatic carbocycles. The first-order valence-corrected chi connectivity index (χ1v) is 7.68. The smallest absolute Gasteiger partial charge is 0.387 e. The maximum absolute atomic E-state index is 12.5. The minimum atomic E-state index is -2.79. The maximum atomic E-state index is 12.5. The summed E-state index contributed by atoms with van der Waals surface area (Å²) in [6.07, 6.45) is 4.68. The summed E-state index contributed by atoms with van der Waals surface area (Å²) in [6.45, 7) is 3.95. The lowest BCUT2D eigenvalue weighted by atomic mass is 9.69. The molecule has 2 unspecified atom stereocenters. The summed E-state index contributed by atoms with van der Waals surface area (Å²) in [6, 6.07) is 7.26. The van der Waals surface area contributed by atoms with E-state index in [1.54, 1.807) is 12.1 Å². The van der Waals surface area contributed by atoms with E-state index in [2.05, 4.69) is 30.8 Å². The number of hydrogen-bond acceptors (Lipinski definition) is 2. The molecule has 1 aromatic rings. The van der Waals surface area contributed by atoms with Crippen LogP contribution in [0.4, 0.5) is 14.5 Å². The van der Waals surface area contributed by atoms with Crippen LogP contribution in [-0.2, 0) is 0 Å². The summed E-state index contributed by atoms with van der Waals surface area (Å²) in [5, 5.41) is 3.45. The number of para-hydroxylation sites is 2. The van der Waals surface area contributed by atoms with E-state index >= 15 is 0 Å². The van der Waals surface area contributed by atoms with Crippen LogP contribution in [0.25, 0.3) is 0 Å². The predicted octanol–water partition coefficient (Wildman–Crippen LogP) is 5.30. The number of rotatable bonds is 4. The van der Waals surface area contributed by atoms with Gasteiger partial charge in [0.05, 0.1) is 5.69 Å². The summed E-state index contributed by atoms with van der Waals surface area (Å²) in [7, 11) is 0. The highest BCUT2D eigenvalue weighted by atomic mass is 19.3. The molecule has 0 bridgehead atoms. The van der Waals surface area contributed by atoms with Crippen LogP contribution in [0.1, 0.15) is 46.5 Å². The third kappa shape index (κ3) is 4.32. The van der Waals surface area contributed by atoms with Crippen molar-refractivity contribution >= 4 is 5.69 Å². The van der Waals surface area contributed by atoms with Crippen LogP contribution in [-0.4, -0.2) is 12.7 Å². The molecule has 0 aliphatic heterocycles. The summed E-state index contributed by atoms with van der Waals surface area (Å²) in [5.74, 6) is 0.761. The Bertz CT molecular complexity index is 456. The van der Waals surface area contributed by atoms with Gasteiger partial charge in [0.2, 0.25) is 0 Å². The Hall–Kier alpha value is -1.32. The van der Waals surface area contributed by atoms with E-state index < -0.39 is 6.61 Å². The quantitative estimate of drug-likeness (QED) is 0.813. The Morgan fingerprint density at radius 2 is 1.81 bits per heavy atom. The number of alkyl halides is 2. The van der Waals surface area contributed by atoms with Gasteiger partial charge in [0, 0.05) is 6.04 Å². The van der Waals surface area contributed by atoms with Crippen molar-refractivity contribution in [1.82, 2.24) is 0 Å². The van der Waals surface area contributed by atoms with Gasteiger partial charge in [-0.25, -0.2) is 0 Å². The third-order valence-corrected chi connectivity index (χ3v) is 4.32. The monoisotopic (exact) mass is 297 g/mol. The van der Waals surface area contributed by atoms with Crippen molar-refractivity contribution in [3.05, 3.63) is 24.3 Å². The minimum Gasteiger partial charge on any atom is -0.433 e. The van der Waals surface area contributed by atoms with Crippen LogP contribution in [0, 0.1) is 11.3 Å². The Morgan fingerprint density at radius 1 is 1.14 bits per heavy atom. The highest BCUT2D eigenvalue weighted by Gasteiger charge is 2.34. The molecule has 2 atom stereocenters. The summed E-state index contributed by atoms with van der Waals surface area (Å²) >= 11 is 0. The molecule has 4 heteroatoms. The van der Waals surface area contributed by atoms with Gasteiger partial charge in [0.1, 0.15) is 5.75 Å². The zero-order valence-electron chi connectivity index (χ0n) is 13.0. The van der Waals surface area contributed by atoms with Crippen LogP contribution < -0.4 is 10.1 Å². The van der Waals surface area contributed by atoms with Gasteiger partial charge in [-0.1, -0.05) is 45.7 Å². The van der Waals surface area contributed by atoms with Gasteiger partial charge >= 0.3 is 6.61 Å². The normalized spacial score (nSPS) is 23.1. The van der Waals surface area contributed by atoms with Crippen LogP contribution >= 0.6 is 0 Å². The molecule has 1 aromatic carbocycles. The van der Waals surface area contributed by atoms with Crippen molar-refractivity contribution in [2.75, 3.05) is 5.32 Å². The lowest BCUT2D eigenvalue weighted by Gasteiger charge is -2.41. The second-order valence-electron chi connectivity index (χ2n) is 6.88. The maximum Gasteiger partial charge on any atom is 0.387 e. The molecule has 0 radical (unpaired) electrons. The Balaban J connectivity index is 2.16. The van der Waals surface area contributed by atoms with E-state index in [1.165, 1.54) is 19.3 Å². The first-order chi connectivity index (χ1) is 9.88. The molecule has 0 spiro atoms. The molecule has 0 aromatic heterocycles. The van der Waals surface area contributed by atoms with Crippen molar-refractivity contribution in [2.45, 2.75) is 59.1 Å². The zero-order valence-corrected chi connectivity index (χ0v) is 13.0. The molecular weight excluding hydrogens is 272 g/mol. The van der Waals surface area contributed by atoms with Crippen LogP contribution in [0.5, 0.6) is 5.75 Å². The standard InChI is InChI=1S/C17H25F2NO/c1-17(2,3)12-8-4-5-9-13(12)20-14-10-6-7-11-15(14)21-16(18)19/h6-7,10-13,16,20H,4-5,8-9H2,1-3H3. The number of hydrogen-bond donors (Lipinski definition) is 1. The predicted molar refractivity (Wildman–Crippen MR) is 81.9 cm³/mol. The number of anilines is 1. The fourth-order valence-electron chi connectivity index (χ4n) is 3.32. The minimum absolute atomic E-state index is 0.205. The number of benzene rings is 1. The second kappa shape index (κ2) is 6.63. The lowest BCUT2D eigenvalue weighted by Crippen LogP contribution is -2.39. The van der Waals surface area contributed by atoms with Crippen molar-refractivity contribution in [2.24, 2.45) is 11.3 Å². The van der Waals surface area contributed by atoms with Crippen LogP contribution in [0.3, 0.4) is 0 Å². The molecular formula is C17H25F2NO. The van der Waals surface area contributed by atoms with Crippen molar-refractivity contribution in [3.63, 3.8) is 0 Å². The molecule has 0 heterocycles. The van der Waals surface area contributed by atoms with Crippen LogP contribution in [0.15, 0.2) is 24.3 Å². The van der Waals surface area contributed by atoms with Crippen molar-refractivity contribution < 1.29 is 13.5 Å². The molecule has 1 saturated carbocycles. The van der Waals surface area contributed by atoms with Gasteiger partial charge in [-0.3, -0.25) is 0 Å². The van der Waals surface area contributed by atoms with Gasteiger partial charge in [0.15, 0.2) is 0 Å². The molecule has 118 valence electrons. The first kappa shape index (κ1) is 16.1. The van der Waals surface area contributed by atoms with Gasteiger partial charge in [-0.05, 0) is 36.3 Å². The molecule has 1 fully saturated rings. The number of halogens is 2. The van der Waals surface area contributed by atoms with E-state index in [-0.39, 0.29) is 11.2 Å². The first-order valence-electron chi connectivity index (χ1n) is 7.68. The fraction of sp³-hybridized carbons (Fsp3) is 0.647. The van der Waals surface area contributed by atoms with E-state index in [4.69, 9.17) is 0 Å². The van der Waals surface area contributed by atoms with Crippen molar-refractivity contribution in [3.8, 4) is 5.75 Å². The van der Waals surface area contributed by atoms with E-state index in [1.807, 2.05) is 12.1 Å². The van der Waals surface area contributed by atoms with Gasteiger partial charge in [-0.15, -0.1) is 0 Å². The van der Waals surface area contributed by atoms with E-state index in [0.29, 0.717) is 17.6 Å². The van der Waals surface area contributed by atoms with E-state index in [0.717, 1.165) is 6.42 Å². The molecule has 2 rings (SSSR count). The highest BCUT2D eigenvalue weighted by Crippen LogP contribution is 2.40. The summed E-state index contributed by atoms with van der Waals surface area (Å²) in [5.41, 5.74) is 0.871. The molecule has 0 amide bonds. The molecule has 1 N–H and O–H groups in total. The van der Waals surface area contributed by atoms with Crippen LogP contribution in [0.2, 0.25) is 0 Å². The van der Waals surface area contributed by atoms with E-state index in [9.17, 15) is 8.78 Å². The average Bonchev–Trinajstić information content (AvgIpc) is 2.40. The van der Waals surface area contributed by atoms with Gasteiger partial charge in [-0.2, -0.15) is 8.78 Å². The third-order valence-electron chi connectivity index (χ3n) is 4.32. The number of nitrogens with one attached hydrogen (secondary N) is 1. The Kier molecular flexibility index (Phi) is 5.07. The topological polar surface area (TPSA) is 21.3 Å². The van der Waals surface area contributed by atoms with Gasteiger partial charge in [0.25, 0.3) is 0 Å². The zero-order chi connectivity index (χ0) is 15.5. The Morgan fingerprint density at radius 3 is 2.48 bits per heavy atom.